The van der Waals surface area contributed by atoms with Crippen LogP contribution in [0.15, 0.2) is 54.6 Å². The first-order valence-corrected chi connectivity index (χ1v) is 8.52. The lowest BCUT2D eigenvalue weighted by Gasteiger charge is -2.27. The Hall–Kier alpha value is -2.39. The number of esters is 1. The molecular weight excluding hydrogens is 298 g/mol. The average Bonchev–Trinajstić information content (AvgIpc) is 2.62. The van der Waals surface area contributed by atoms with Crippen molar-refractivity contribution < 1.29 is 9.53 Å². The average molecular weight is 319 g/mol. The van der Waals surface area contributed by atoms with Gasteiger partial charge in [-0.1, -0.05) is 42.5 Å². The highest BCUT2D eigenvalue weighted by atomic mass is 16.5. The molecule has 3 aromatic carbocycles. The maximum Gasteiger partial charge on any atom is 0.314 e. The van der Waals surface area contributed by atoms with Crippen LogP contribution in [0.3, 0.4) is 0 Å². The molecule has 4 rings (SSSR count). The maximum absolute atomic E-state index is 12.4. The molecule has 0 radical (unpaired) electrons. The zero-order valence-electron chi connectivity index (χ0n) is 13.9. The maximum atomic E-state index is 12.4. The first-order valence-electron chi connectivity index (χ1n) is 8.52. The third-order valence-electron chi connectivity index (χ3n) is 4.99. The number of benzene rings is 3. The molecule has 1 fully saturated rings. The second-order valence-corrected chi connectivity index (χ2v) is 6.67. The number of rotatable bonds is 2. The molecular formula is C21H21NO2. The van der Waals surface area contributed by atoms with Gasteiger partial charge in [0.25, 0.3) is 0 Å². The van der Waals surface area contributed by atoms with Gasteiger partial charge in [-0.3, -0.25) is 4.79 Å². The molecule has 1 aliphatic rings. The predicted octanol–water partition coefficient (Wildman–Crippen LogP) is 4.24. The van der Waals surface area contributed by atoms with Crippen molar-refractivity contribution in [3.8, 4) is 5.75 Å². The van der Waals surface area contributed by atoms with Crippen molar-refractivity contribution in [1.29, 1.82) is 0 Å². The van der Waals surface area contributed by atoms with Gasteiger partial charge in [0.05, 0.1) is 5.92 Å². The largest absolute Gasteiger partial charge is 0.426 e. The van der Waals surface area contributed by atoms with Gasteiger partial charge in [0.1, 0.15) is 5.75 Å². The number of carbonyl (C=O) groups is 1. The minimum absolute atomic E-state index is 0.0180. The number of likely N-dealkylation sites (tertiary alicyclic amines) is 1. The Kier molecular flexibility index (Phi) is 3.95. The summed E-state index contributed by atoms with van der Waals surface area (Å²) in [5.74, 6) is 0.565. The molecule has 122 valence electrons. The van der Waals surface area contributed by atoms with Gasteiger partial charge in [-0.15, -0.1) is 0 Å². The first-order chi connectivity index (χ1) is 11.7. The van der Waals surface area contributed by atoms with Crippen LogP contribution < -0.4 is 4.74 Å². The summed E-state index contributed by atoms with van der Waals surface area (Å²) >= 11 is 0. The molecule has 3 nitrogen and oxygen atoms in total. The van der Waals surface area contributed by atoms with Crippen LogP contribution in [0, 0.1) is 5.92 Å². The Bertz CT molecular complexity index is 895. The number of piperidine rings is 1. The number of hydrogen-bond donors (Lipinski definition) is 0. The van der Waals surface area contributed by atoms with Gasteiger partial charge in [0, 0.05) is 0 Å². The summed E-state index contributed by atoms with van der Waals surface area (Å²) in [6, 6.07) is 18.4. The Morgan fingerprint density at radius 2 is 1.62 bits per heavy atom. The highest BCUT2D eigenvalue weighted by molar-refractivity contribution is 6.07. The number of ether oxygens (including phenoxy) is 1. The molecule has 3 heteroatoms. The van der Waals surface area contributed by atoms with Crippen LogP contribution in [0.5, 0.6) is 5.75 Å². The minimum Gasteiger partial charge on any atom is -0.426 e. The van der Waals surface area contributed by atoms with E-state index < -0.39 is 0 Å². The zero-order valence-corrected chi connectivity index (χ0v) is 13.9. The molecule has 0 amide bonds. The zero-order chi connectivity index (χ0) is 16.5. The number of fused-ring (bicyclic) bond motifs is 3. The molecule has 0 aromatic heterocycles. The molecule has 0 spiro atoms. The third-order valence-corrected chi connectivity index (χ3v) is 4.99. The van der Waals surface area contributed by atoms with E-state index in [1.54, 1.807) is 0 Å². The van der Waals surface area contributed by atoms with E-state index >= 15 is 0 Å². The van der Waals surface area contributed by atoms with Crippen LogP contribution in [0.25, 0.3) is 21.5 Å². The van der Waals surface area contributed by atoms with E-state index in [2.05, 4.69) is 36.2 Å². The second-order valence-electron chi connectivity index (χ2n) is 6.67. The van der Waals surface area contributed by atoms with Gasteiger partial charge >= 0.3 is 5.97 Å². The van der Waals surface area contributed by atoms with Gasteiger partial charge in [-0.2, -0.15) is 0 Å². The highest BCUT2D eigenvalue weighted by Gasteiger charge is 2.25. The van der Waals surface area contributed by atoms with Crippen LogP contribution in [0.1, 0.15) is 12.8 Å². The summed E-state index contributed by atoms with van der Waals surface area (Å²) in [6.07, 6.45) is 1.76. The lowest BCUT2D eigenvalue weighted by Crippen LogP contribution is -2.35. The van der Waals surface area contributed by atoms with Crippen molar-refractivity contribution in [3.63, 3.8) is 0 Å². The number of nitrogens with zero attached hydrogens (tertiary/aromatic N) is 1. The fourth-order valence-electron chi connectivity index (χ4n) is 3.49. The summed E-state index contributed by atoms with van der Waals surface area (Å²) in [4.78, 5) is 14.7. The van der Waals surface area contributed by atoms with E-state index in [-0.39, 0.29) is 11.9 Å². The van der Waals surface area contributed by atoms with E-state index in [1.165, 1.54) is 10.8 Å². The van der Waals surface area contributed by atoms with Crippen molar-refractivity contribution in [1.82, 2.24) is 4.90 Å². The molecule has 0 unspecified atom stereocenters. The minimum atomic E-state index is -0.0947. The molecule has 24 heavy (non-hydrogen) atoms. The van der Waals surface area contributed by atoms with Gasteiger partial charge in [0.2, 0.25) is 0 Å². The van der Waals surface area contributed by atoms with Crippen LogP contribution in [0.4, 0.5) is 0 Å². The highest BCUT2D eigenvalue weighted by Crippen LogP contribution is 2.29. The first kappa shape index (κ1) is 15.2. The topological polar surface area (TPSA) is 29.5 Å². The lowest BCUT2D eigenvalue weighted by atomic mass is 9.97. The lowest BCUT2D eigenvalue weighted by molar-refractivity contribution is -0.140. The fourth-order valence-corrected chi connectivity index (χ4v) is 3.49. The van der Waals surface area contributed by atoms with Crippen molar-refractivity contribution in [3.05, 3.63) is 54.6 Å². The molecule has 0 saturated carbocycles. The molecule has 1 heterocycles. The molecule has 0 aliphatic carbocycles. The van der Waals surface area contributed by atoms with Crippen molar-refractivity contribution >= 4 is 27.5 Å². The smallest absolute Gasteiger partial charge is 0.314 e. The number of carbonyl (C=O) groups excluding carboxylic acids is 1. The molecule has 3 aromatic rings. The predicted molar refractivity (Wildman–Crippen MR) is 97.3 cm³/mol. The fraction of sp³-hybridized carbons (Fsp3) is 0.286. The van der Waals surface area contributed by atoms with E-state index in [1.807, 2.05) is 30.3 Å². The summed E-state index contributed by atoms with van der Waals surface area (Å²) in [5, 5.41) is 4.67. The third kappa shape index (κ3) is 2.87. The van der Waals surface area contributed by atoms with E-state index in [4.69, 9.17) is 4.74 Å². The Labute approximate surface area is 141 Å². The van der Waals surface area contributed by atoms with Crippen molar-refractivity contribution in [2.75, 3.05) is 20.1 Å². The summed E-state index contributed by atoms with van der Waals surface area (Å²) in [7, 11) is 2.09. The van der Waals surface area contributed by atoms with Crippen molar-refractivity contribution in [2.24, 2.45) is 5.92 Å². The normalized spacial score (nSPS) is 16.5. The monoisotopic (exact) mass is 319 g/mol. The SMILES string of the molecule is CN1CCC(C(=O)Oc2ccc3ccc4ccccc4c3c2)CC1. The molecule has 0 bridgehead atoms. The van der Waals surface area contributed by atoms with Crippen LogP contribution >= 0.6 is 0 Å². The van der Waals surface area contributed by atoms with Gasteiger partial charge in [-0.05, 0) is 66.7 Å². The van der Waals surface area contributed by atoms with E-state index in [9.17, 15) is 4.79 Å². The van der Waals surface area contributed by atoms with Crippen LogP contribution in [0.2, 0.25) is 0 Å². The Balaban J connectivity index is 1.62. The quantitative estimate of drug-likeness (QED) is 0.402. The summed E-state index contributed by atoms with van der Waals surface area (Å²) in [5.41, 5.74) is 0. The van der Waals surface area contributed by atoms with E-state index in [0.29, 0.717) is 5.75 Å². The summed E-state index contributed by atoms with van der Waals surface area (Å²) < 4.78 is 5.69. The van der Waals surface area contributed by atoms with Gasteiger partial charge in [-0.25, -0.2) is 0 Å². The van der Waals surface area contributed by atoms with Gasteiger partial charge in [0.15, 0.2) is 0 Å². The Morgan fingerprint density at radius 3 is 2.42 bits per heavy atom. The van der Waals surface area contributed by atoms with Crippen LogP contribution in [-0.2, 0) is 4.79 Å². The second kappa shape index (κ2) is 6.25. The van der Waals surface area contributed by atoms with E-state index in [0.717, 1.165) is 36.7 Å². The summed E-state index contributed by atoms with van der Waals surface area (Å²) in [6.45, 7) is 1.92. The molecule has 0 N–H and O–H groups in total. The molecule has 1 saturated heterocycles. The van der Waals surface area contributed by atoms with Gasteiger partial charge < -0.3 is 9.64 Å². The standard InChI is InChI=1S/C21H21NO2/c1-22-12-10-17(11-13-22)21(23)24-18-9-8-16-7-6-15-4-2-3-5-19(15)20(16)14-18/h2-9,14,17H,10-13H2,1H3. The molecule has 0 atom stereocenters. The Morgan fingerprint density at radius 1 is 0.958 bits per heavy atom. The number of hydrogen-bond acceptors (Lipinski definition) is 3. The molecule has 1 aliphatic heterocycles. The van der Waals surface area contributed by atoms with Crippen LogP contribution in [-0.4, -0.2) is 31.0 Å². The van der Waals surface area contributed by atoms with Crippen molar-refractivity contribution in [2.45, 2.75) is 12.8 Å².